The Labute approximate surface area is 269 Å². The number of Topliss-reactive ketones (excluding diaryl/α,β-unsaturated/α-hetero) is 1. The number of aliphatic hydroxyl groups excluding tert-OH is 1. The largest absolute Gasteiger partial charge is 0.392 e. The van der Waals surface area contributed by atoms with Crippen LogP contribution in [0.5, 0.6) is 0 Å². The summed E-state index contributed by atoms with van der Waals surface area (Å²) < 4.78 is 0. The van der Waals surface area contributed by atoms with E-state index in [4.69, 9.17) is 0 Å². The highest BCUT2D eigenvalue weighted by atomic mass is 32.2. The van der Waals surface area contributed by atoms with E-state index in [1.54, 1.807) is 30.6 Å². The van der Waals surface area contributed by atoms with E-state index in [-0.39, 0.29) is 36.1 Å². The molecule has 2 amide bonds. The van der Waals surface area contributed by atoms with Gasteiger partial charge < -0.3 is 15.7 Å². The molecule has 0 saturated heterocycles. The van der Waals surface area contributed by atoms with Gasteiger partial charge in [-0.3, -0.25) is 19.4 Å². The Bertz CT molecular complexity index is 1620. The number of aliphatic hydroxyl groups is 1. The molecule has 0 radical (unpaired) electrons. The number of nitrogens with one attached hydrogen (secondary N) is 2. The van der Waals surface area contributed by atoms with Gasteiger partial charge in [0.25, 0.3) is 11.8 Å². The molecule has 0 saturated carbocycles. The van der Waals surface area contributed by atoms with Gasteiger partial charge in [-0.05, 0) is 69.0 Å². The van der Waals surface area contributed by atoms with Crippen molar-refractivity contribution < 1.29 is 19.5 Å². The average Bonchev–Trinajstić information content (AvgIpc) is 3.01. The molecule has 0 aliphatic heterocycles. The normalized spacial score (nSPS) is 13.7. The van der Waals surface area contributed by atoms with Gasteiger partial charge in [-0.15, -0.1) is 11.8 Å². The number of para-hydroxylation sites is 1. The van der Waals surface area contributed by atoms with E-state index in [1.807, 2.05) is 89.2 Å². The number of amides is 2. The molecule has 2 aromatic carbocycles. The number of hydrogen-bond acceptors (Lipinski definition) is 7. The number of fused-ring (bicyclic) bond motifs is 1. The number of benzene rings is 2. The number of carbonyl (C=O) groups is 3. The molecule has 0 aliphatic carbocycles. The van der Waals surface area contributed by atoms with Crippen LogP contribution in [0.4, 0.5) is 0 Å². The molecule has 0 fully saturated rings. The van der Waals surface area contributed by atoms with E-state index >= 15 is 0 Å². The van der Waals surface area contributed by atoms with Gasteiger partial charge in [-0.1, -0.05) is 56.3 Å². The quantitative estimate of drug-likeness (QED) is 0.158. The lowest BCUT2D eigenvalue weighted by Crippen LogP contribution is -2.46. The predicted molar refractivity (Wildman–Crippen MR) is 179 cm³/mol. The number of carbonyl (C=O) groups excluding carboxylic acids is 3. The van der Waals surface area contributed by atoms with Crippen LogP contribution in [0.1, 0.15) is 67.4 Å². The molecule has 2 heterocycles. The second-order valence-corrected chi connectivity index (χ2v) is 13.7. The van der Waals surface area contributed by atoms with Crippen LogP contribution < -0.4 is 10.6 Å². The van der Waals surface area contributed by atoms with E-state index in [0.29, 0.717) is 22.4 Å². The summed E-state index contributed by atoms with van der Waals surface area (Å²) in [6, 6.07) is 21.3. The molecule has 0 aliphatic rings. The van der Waals surface area contributed by atoms with Crippen LogP contribution in [0, 0.1) is 11.8 Å². The van der Waals surface area contributed by atoms with Gasteiger partial charge in [-0.25, -0.2) is 4.98 Å². The number of pyridine rings is 2. The Morgan fingerprint density at radius 1 is 0.911 bits per heavy atom. The average molecular weight is 627 g/mol. The summed E-state index contributed by atoms with van der Waals surface area (Å²) in [6.45, 7) is 9.52. The number of aromatic nitrogens is 2. The van der Waals surface area contributed by atoms with Crippen molar-refractivity contribution in [1.82, 2.24) is 20.6 Å². The van der Waals surface area contributed by atoms with Gasteiger partial charge in [-0.2, -0.15) is 0 Å². The van der Waals surface area contributed by atoms with Crippen molar-refractivity contribution in [3.05, 3.63) is 102 Å². The lowest BCUT2D eigenvalue weighted by Gasteiger charge is -2.27. The molecular formula is C36H42N4O4S. The Kier molecular flexibility index (Phi) is 11.5. The fourth-order valence-corrected chi connectivity index (χ4v) is 6.13. The van der Waals surface area contributed by atoms with Crippen LogP contribution in [-0.2, 0) is 11.2 Å². The summed E-state index contributed by atoms with van der Waals surface area (Å²) in [7, 11) is 0. The summed E-state index contributed by atoms with van der Waals surface area (Å²) in [6.07, 6.45) is 2.75. The minimum absolute atomic E-state index is 0.0407. The zero-order valence-corrected chi connectivity index (χ0v) is 27.3. The molecule has 0 unspecified atom stereocenters. The Balaban J connectivity index is 1.53. The Morgan fingerprint density at radius 3 is 2.36 bits per heavy atom. The maximum atomic E-state index is 13.8. The standard InChI is InChI=1S/C36H42N4O4S/c1-23(2)33(39-35(44)30-17-16-24-11-7-9-15-29(24)38-30)32(42)20-26(22-45-27-13-10-18-37-21-27)31(41)19-25-12-6-8-14-28(25)34(43)40-36(3,4)5/h6-18,21,23,26,31,33,41H,19-20,22H2,1-5H3,(H,39,44)(H,40,43)/t26-,31+,33-/m0/s1. The number of rotatable bonds is 13. The van der Waals surface area contributed by atoms with Crippen molar-refractivity contribution in [2.24, 2.45) is 11.8 Å². The molecule has 2 aromatic heterocycles. The maximum absolute atomic E-state index is 13.8. The highest BCUT2D eigenvalue weighted by molar-refractivity contribution is 7.99. The number of ketones is 1. The third-order valence-electron chi connectivity index (χ3n) is 7.42. The van der Waals surface area contributed by atoms with E-state index in [9.17, 15) is 19.5 Å². The van der Waals surface area contributed by atoms with Crippen LogP contribution in [0.15, 0.2) is 90.1 Å². The topological polar surface area (TPSA) is 121 Å². The molecule has 236 valence electrons. The monoisotopic (exact) mass is 626 g/mol. The zero-order valence-electron chi connectivity index (χ0n) is 26.5. The van der Waals surface area contributed by atoms with Crippen molar-refractivity contribution >= 4 is 40.3 Å². The van der Waals surface area contributed by atoms with Crippen molar-refractivity contribution in [1.29, 1.82) is 0 Å². The van der Waals surface area contributed by atoms with E-state index in [2.05, 4.69) is 20.6 Å². The van der Waals surface area contributed by atoms with Gasteiger partial charge in [0, 0.05) is 51.9 Å². The van der Waals surface area contributed by atoms with E-state index < -0.39 is 29.5 Å². The van der Waals surface area contributed by atoms with E-state index in [1.165, 1.54) is 11.8 Å². The second-order valence-electron chi connectivity index (χ2n) is 12.6. The molecule has 3 atom stereocenters. The van der Waals surface area contributed by atoms with Crippen LogP contribution in [0.2, 0.25) is 0 Å². The molecule has 0 bridgehead atoms. The van der Waals surface area contributed by atoms with Gasteiger partial charge in [0.2, 0.25) is 0 Å². The van der Waals surface area contributed by atoms with Crippen molar-refractivity contribution in [3.63, 3.8) is 0 Å². The molecule has 3 N–H and O–H groups in total. The lowest BCUT2D eigenvalue weighted by molar-refractivity contribution is -0.123. The minimum Gasteiger partial charge on any atom is -0.392 e. The first-order valence-corrected chi connectivity index (χ1v) is 16.2. The summed E-state index contributed by atoms with van der Waals surface area (Å²) in [5.74, 6) is -1.01. The van der Waals surface area contributed by atoms with Gasteiger partial charge in [0.05, 0.1) is 17.7 Å². The second kappa shape index (κ2) is 15.3. The third kappa shape index (κ3) is 9.70. The summed E-state index contributed by atoms with van der Waals surface area (Å²) in [5.41, 5.74) is 1.71. The van der Waals surface area contributed by atoms with Crippen LogP contribution in [0.3, 0.4) is 0 Å². The van der Waals surface area contributed by atoms with Crippen molar-refractivity contribution in [2.75, 3.05) is 5.75 Å². The van der Waals surface area contributed by atoms with Crippen LogP contribution >= 0.6 is 11.8 Å². The molecule has 4 aromatic rings. The molecule has 8 nitrogen and oxygen atoms in total. The summed E-state index contributed by atoms with van der Waals surface area (Å²) in [4.78, 5) is 49.8. The first kappa shape index (κ1) is 33.8. The molecule has 4 rings (SSSR count). The van der Waals surface area contributed by atoms with Crippen molar-refractivity contribution in [2.45, 2.75) is 70.0 Å². The number of thioether (sulfide) groups is 1. The Hall–Kier alpha value is -4.08. The van der Waals surface area contributed by atoms with Crippen LogP contribution in [0.25, 0.3) is 10.9 Å². The van der Waals surface area contributed by atoms with E-state index in [0.717, 1.165) is 10.3 Å². The van der Waals surface area contributed by atoms with Gasteiger partial charge in [0.1, 0.15) is 5.69 Å². The van der Waals surface area contributed by atoms with Gasteiger partial charge >= 0.3 is 0 Å². The Morgan fingerprint density at radius 2 is 1.64 bits per heavy atom. The smallest absolute Gasteiger partial charge is 0.270 e. The van der Waals surface area contributed by atoms with Crippen LogP contribution in [-0.4, -0.2) is 56.1 Å². The molecule has 45 heavy (non-hydrogen) atoms. The highest BCUT2D eigenvalue weighted by Gasteiger charge is 2.31. The molecular weight excluding hydrogens is 584 g/mol. The van der Waals surface area contributed by atoms with Crippen molar-refractivity contribution in [3.8, 4) is 0 Å². The fourth-order valence-electron chi connectivity index (χ4n) is 5.07. The van der Waals surface area contributed by atoms with Gasteiger partial charge in [0.15, 0.2) is 5.78 Å². The first-order valence-electron chi connectivity index (χ1n) is 15.2. The zero-order chi connectivity index (χ0) is 32.6. The molecule has 0 spiro atoms. The summed E-state index contributed by atoms with van der Waals surface area (Å²) >= 11 is 1.51. The predicted octanol–water partition coefficient (Wildman–Crippen LogP) is 5.88. The number of hydrogen-bond donors (Lipinski definition) is 3. The lowest BCUT2D eigenvalue weighted by atomic mass is 9.87. The first-order chi connectivity index (χ1) is 21.4. The fraction of sp³-hybridized carbons (Fsp3) is 0.361. The highest BCUT2D eigenvalue weighted by Crippen LogP contribution is 2.27. The maximum Gasteiger partial charge on any atom is 0.270 e. The molecule has 9 heteroatoms. The summed E-state index contributed by atoms with van der Waals surface area (Å²) in [5, 5.41) is 18.4. The number of nitrogens with zero attached hydrogens (tertiary/aromatic N) is 2. The SMILES string of the molecule is CC(C)[C@H](NC(=O)c1ccc2ccccc2n1)C(=O)C[C@@H](CSc1cccnc1)[C@H](O)Cc1ccccc1C(=O)NC(C)(C)C. The minimum atomic E-state index is -0.924. The third-order valence-corrected chi connectivity index (χ3v) is 8.59.